The van der Waals surface area contributed by atoms with Crippen molar-refractivity contribution >= 4 is 5.97 Å². The lowest BCUT2D eigenvalue weighted by Crippen LogP contribution is -2.40. The zero-order valence-electron chi connectivity index (χ0n) is 12.9. The molecule has 1 fully saturated rings. The summed E-state index contributed by atoms with van der Waals surface area (Å²) in [5.41, 5.74) is 0. The minimum absolute atomic E-state index is 0.107. The molecule has 2 unspecified atom stereocenters. The van der Waals surface area contributed by atoms with Gasteiger partial charge < -0.3 is 15.0 Å². The maximum absolute atomic E-state index is 11.8. The van der Waals surface area contributed by atoms with E-state index in [1.54, 1.807) is 0 Å². The lowest BCUT2D eigenvalue weighted by Gasteiger charge is -2.21. The first-order valence-electron chi connectivity index (χ1n) is 7.70. The fourth-order valence-corrected chi connectivity index (χ4v) is 2.71. The Kier molecular flexibility index (Phi) is 7.39. The summed E-state index contributed by atoms with van der Waals surface area (Å²) in [5, 5.41) is 3.22. The number of esters is 1. The zero-order valence-corrected chi connectivity index (χ0v) is 12.9. The maximum Gasteiger partial charge on any atom is 0.323 e. The number of nitrogens with zero attached hydrogens (tertiary/aromatic N) is 1. The molecule has 0 aromatic heterocycles. The third-order valence-electron chi connectivity index (χ3n) is 4.01. The van der Waals surface area contributed by atoms with Crippen LogP contribution in [0.15, 0.2) is 0 Å². The number of likely N-dealkylation sites (tertiary alicyclic amines) is 1. The second-order valence-electron chi connectivity index (χ2n) is 5.74. The number of hydrogen-bond donors (Lipinski definition) is 1. The molecule has 1 rings (SSSR count). The normalized spacial score (nSPS) is 21.8. The van der Waals surface area contributed by atoms with E-state index in [4.69, 9.17) is 4.74 Å². The van der Waals surface area contributed by atoms with Crippen LogP contribution in [0.2, 0.25) is 0 Å². The van der Waals surface area contributed by atoms with E-state index < -0.39 is 0 Å². The van der Waals surface area contributed by atoms with Crippen LogP contribution >= 0.6 is 0 Å². The van der Waals surface area contributed by atoms with E-state index in [1.807, 2.05) is 13.8 Å². The minimum Gasteiger partial charge on any atom is -0.465 e. The van der Waals surface area contributed by atoms with Gasteiger partial charge in [0.05, 0.1) is 6.61 Å². The van der Waals surface area contributed by atoms with Gasteiger partial charge >= 0.3 is 5.97 Å². The second-order valence-corrected chi connectivity index (χ2v) is 5.74. The van der Waals surface area contributed by atoms with Gasteiger partial charge in [0.2, 0.25) is 0 Å². The molecule has 0 aromatic carbocycles. The number of nitrogens with one attached hydrogen (secondary N) is 1. The summed E-state index contributed by atoms with van der Waals surface area (Å²) in [5.74, 6) is 1.48. The summed E-state index contributed by atoms with van der Waals surface area (Å²) in [6.07, 6.45) is 2.14. The third kappa shape index (κ3) is 5.49. The molecular formula is C15H30N2O2. The first-order valence-corrected chi connectivity index (χ1v) is 7.70. The first-order chi connectivity index (χ1) is 9.08. The molecule has 0 bridgehead atoms. The quantitative estimate of drug-likeness (QED) is 0.684. The predicted molar refractivity (Wildman–Crippen MR) is 78.1 cm³/mol. The average molecular weight is 270 g/mol. The summed E-state index contributed by atoms with van der Waals surface area (Å²) in [4.78, 5) is 14.3. The van der Waals surface area contributed by atoms with Crippen LogP contribution in [0.25, 0.3) is 0 Å². The topological polar surface area (TPSA) is 41.6 Å². The Bertz CT molecular complexity index is 269. The van der Waals surface area contributed by atoms with Crippen molar-refractivity contribution in [1.82, 2.24) is 10.2 Å². The van der Waals surface area contributed by atoms with E-state index in [1.165, 1.54) is 19.5 Å². The van der Waals surface area contributed by atoms with Crippen molar-refractivity contribution in [1.29, 1.82) is 0 Å². The van der Waals surface area contributed by atoms with Crippen LogP contribution in [0.4, 0.5) is 0 Å². The van der Waals surface area contributed by atoms with Crippen molar-refractivity contribution in [3.8, 4) is 0 Å². The smallest absolute Gasteiger partial charge is 0.323 e. The molecule has 1 saturated heterocycles. The Balaban J connectivity index is 2.34. The highest BCUT2D eigenvalue weighted by Gasteiger charge is 2.26. The standard InChI is InChI=1S/C15H30N2O2/c1-5-16-14(15(18)19-6-2)8-10-17-9-7-13(11-17)12(3)4/h12-14,16H,5-11H2,1-4H3. The van der Waals surface area contributed by atoms with Gasteiger partial charge in [-0.3, -0.25) is 4.79 Å². The monoisotopic (exact) mass is 270 g/mol. The van der Waals surface area contributed by atoms with E-state index in [-0.39, 0.29) is 12.0 Å². The fourth-order valence-electron chi connectivity index (χ4n) is 2.71. The molecule has 0 aliphatic carbocycles. The Morgan fingerprint density at radius 2 is 2.16 bits per heavy atom. The largest absolute Gasteiger partial charge is 0.465 e. The van der Waals surface area contributed by atoms with Gasteiger partial charge in [-0.25, -0.2) is 0 Å². The van der Waals surface area contributed by atoms with Gasteiger partial charge in [0.1, 0.15) is 6.04 Å². The van der Waals surface area contributed by atoms with Crippen molar-refractivity contribution in [2.24, 2.45) is 11.8 Å². The highest BCUT2D eigenvalue weighted by molar-refractivity contribution is 5.75. The van der Waals surface area contributed by atoms with Gasteiger partial charge in [-0.15, -0.1) is 0 Å². The molecular weight excluding hydrogens is 240 g/mol. The highest BCUT2D eigenvalue weighted by atomic mass is 16.5. The van der Waals surface area contributed by atoms with Crippen molar-refractivity contribution in [2.45, 2.75) is 46.6 Å². The number of hydrogen-bond acceptors (Lipinski definition) is 4. The molecule has 1 N–H and O–H groups in total. The molecule has 0 aromatic rings. The lowest BCUT2D eigenvalue weighted by molar-refractivity contribution is -0.145. The van der Waals surface area contributed by atoms with Gasteiger partial charge in [0.25, 0.3) is 0 Å². The SMILES string of the molecule is CCNC(CCN1CCC(C(C)C)C1)C(=O)OCC. The molecule has 4 heteroatoms. The van der Waals surface area contributed by atoms with Crippen LogP contribution in [0.1, 0.15) is 40.5 Å². The molecule has 1 aliphatic rings. The molecule has 2 atom stereocenters. The van der Waals surface area contributed by atoms with Crippen LogP contribution < -0.4 is 5.32 Å². The fraction of sp³-hybridized carbons (Fsp3) is 0.933. The molecule has 0 spiro atoms. The molecule has 4 nitrogen and oxygen atoms in total. The molecule has 112 valence electrons. The second kappa shape index (κ2) is 8.54. The molecule has 1 heterocycles. The average Bonchev–Trinajstić information content (AvgIpc) is 2.83. The number of carbonyl (C=O) groups excluding carboxylic acids is 1. The molecule has 19 heavy (non-hydrogen) atoms. The van der Waals surface area contributed by atoms with Gasteiger partial charge in [0, 0.05) is 13.1 Å². The van der Waals surface area contributed by atoms with Crippen LogP contribution in [0, 0.1) is 11.8 Å². The zero-order chi connectivity index (χ0) is 14.3. The maximum atomic E-state index is 11.8. The number of rotatable bonds is 8. The number of likely N-dealkylation sites (N-methyl/N-ethyl adjacent to an activating group) is 1. The summed E-state index contributed by atoms with van der Waals surface area (Å²) < 4.78 is 5.11. The van der Waals surface area contributed by atoms with Crippen molar-refractivity contribution in [3.05, 3.63) is 0 Å². The van der Waals surface area contributed by atoms with Gasteiger partial charge in [-0.05, 0) is 44.7 Å². The van der Waals surface area contributed by atoms with E-state index >= 15 is 0 Å². The number of carbonyl (C=O) groups is 1. The first kappa shape index (κ1) is 16.4. The van der Waals surface area contributed by atoms with E-state index in [2.05, 4.69) is 24.1 Å². The summed E-state index contributed by atoms with van der Waals surface area (Å²) in [6.45, 7) is 13.1. The summed E-state index contributed by atoms with van der Waals surface area (Å²) in [6, 6.07) is -0.150. The Morgan fingerprint density at radius 1 is 1.42 bits per heavy atom. The number of ether oxygens (including phenoxy) is 1. The molecule has 0 saturated carbocycles. The van der Waals surface area contributed by atoms with Gasteiger partial charge in [0.15, 0.2) is 0 Å². The lowest BCUT2D eigenvalue weighted by atomic mass is 9.95. The van der Waals surface area contributed by atoms with Crippen molar-refractivity contribution in [2.75, 3.05) is 32.8 Å². The van der Waals surface area contributed by atoms with Gasteiger partial charge in [-0.2, -0.15) is 0 Å². The van der Waals surface area contributed by atoms with E-state index in [9.17, 15) is 4.79 Å². The predicted octanol–water partition coefficient (Wildman–Crippen LogP) is 1.90. The van der Waals surface area contributed by atoms with Crippen LogP contribution in [-0.2, 0) is 9.53 Å². The van der Waals surface area contributed by atoms with E-state index in [0.717, 1.165) is 31.3 Å². The van der Waals surface area contributed by atoms with Crippen LogP contribution in [0.5, 0.6) is 0 Å². The minimum atomic E-state index is -0.150. The molecule has 0 amide bonds. The highest BCUT2D eigenvalue weighted by Crippen LogP contribution is 2.23. The van der Waals surface area contributed by atoms with Crippen molar-refractivity contribution in [3.63, 3.8) is 0 Å². The van der Waals surface area contributed by atoms with Crippen LogP contribution in [-0.4, -0.2) is 49.7 Å². The molecule has 0 radical (unpaired) electrons. The van der Waals surface area contributed by atoms with Gasteiger partial charge in [-0.1, -0.05) is 20.8 Å². The summed E-state index contributed by atoms with van der Waals surface area (Å²) >= 11 is 0. The Hall–Kier alpha value is -0.610. The Labute approximate surface area is 117 Å². The van der Waals surface area contributed by atoms with Crippen LogP contribution in [0.3, 0.4) is 0 Å². The summed E-state index contributed by atoms with van der Waals surface area (Å²) in [7, 11) is 0. The third-order valence-corrected chi connectivity index (χ3v) is 4.01. The van der Waals surface area contributed by atoms with E-state index in [0.29, 0.717) is 6.61 Å². The van der Waals surface area contributed by atoms with Crippen molar-refractivity contribution < 1.29 is 9.53 Å². The Morgan fingerprint density at radius 3 is 2.68 bits per heavy atom. The molecule has 1 aliphatic heterocycles.